The molecule has 0 aliphatic carbocycles. The summed E-state index contributed by atoms with van der Waals surface area (Å²) in [5, 5.41) is 67.8. The van der Waals surface area contributed by atoms with Gasteiger partial charge in [0.05, 0.1) is 40.1 Å². The zero-order valence-electron chi connectivity index (χ0n) is 36.3. The summed E-state index contributed by atoms with van der Waals surface area (Å²) in [6, 6.07) is 17.8. The number of ether oxygens (including phenoxy) is 1. The summed E-state index contributed by atoms with van der Waals surface area (Å²) >= 11 is 11.1. The number of H-pyrrole nitrogens is 2. The highest BCUT2D eigenvalue weighted by Crippen LogP contribution is 2.40. The average Bonchev–Trinajstić information content (AvgIpc) is 4.06. The van der Waals surface area contributed by atoms with E-state index in [-0.39, 0.29) is 40.8 Å². The molecule has 8 rings (SSSR count). The van der Waals surface area contributed by atoms with Gasteiger partial charge in [-0.05, 0) is 132 Å². The molecule has 0 aliphatic heterocycles. The lowest BCUT2D eigenvalue weighted by molar-refractivity contribution is 0.342. The predicted octanol–water partition coefficient (Wildman–Crippen LogP) is 11.3. The molecule has 62 heavy (non-hydrogen) atoms. The van der Waals surface area contributed by atoms with Crippen LogP contribution in [0.25, 0.3) is 56.0 Å². The lowest BCUT2D eigenvalue weighted by Gasteiger charge is -2.16. The van der Waals surface area contributed by atoms with Gasteiger partial charge in [-0.3, -0.25) is 19.3 Å². The van der Waals surface area contributed by atoms with Gasteiger partial charge in [0.2, 0.25) is 0 Å². The number of phenolic OH excluding ortho intramolecular Hbond substituents is 5. The first kappa shape index (κ1) is 45.0. The number of benzene rings is 4. The van der Waals surface area contributed by atoms with Crippen LogP contribution in [-0.2, 0) is 12.8 Å². The Morgan fingerprint density at radius 2 is 1.02 bits per heavy atom. The van der Waals surface area contributed by atoms with Crippen LogP contribution in [0.15, 0.2) is 73.1 Å². The van der Waals surface area contributed by atoms with Crippen molar-refractivity contribution < 1.29 is 30.3 Å². The molecule has 0 saturated heterocycles. The molecule has 0 fully saturated rings. The zero-order valence-corrected chi connectivity index (χ0v) is 38.0. The number of hydrogen-bond acceptors (Lipinski definition) is 10. The van der Waals surface area contributed by atoms with Gasteiger partial charge in [-0.1, -0.05) is 27.7 Å². The number of nitrogens with zero attached hydrogens (tertiary/aromatic N) is 6. The second-order valence-electron chi connectivity index (χ2n) is 14.9. The van der Waals surface area contributed by atoms with Crippen LogP contribution in [0.2, 0.25) is 0 Å². The Hall–Kier alpha value is -6.52. The van der Waals surface area contributed by atoms with Crippen LogP contribution in [-0.4, -0.2) is 70.8 Å². The minimum absolute atomic E-state index is 0.0375. The first-order chi connectivity index (χ1) is 29.7. The minimum Gasteiger partial charge on any atom is -0.508 e. The van der Waals surface area contributed by atoms with Crippen LogP contribution in [0, 0.1) is 9.54 Å². The molecule has 0 aliphatic rings. The molecular weight excluding hydrogens is 825 g/mol. The number of aromatic hydroxyl groups is 5. The molecule has 0 saturated carbocycles. The Labute approximate surface area is 369 Å². The maximum Gasteiger partial charge on any atom is 0.200 e. The van der Waals surface area contributed by atoms with E-state index in [4.69, 9.17) is 29.2 Å². The van der Waals surface area contributed by atoms with Gasteiger partial charge >= 0.3 is 0 Å². The Balaban J connectivity index is 0.000000199. The number of aromatic amines is 2. The number of aromatic nitrogens is 8. The van der Waals surface area contributed by atoms with Crippen LogP contribution in [0.4, 0.5) is 0 Å². The molecule has 8 aromatic rings. The van der Waals surface area contributed by atoms with Crippen molar-refractivity contribution in [3.05, 3.63) is 93.7 Å². The largest absolute Gasteiger partial charge is 0.508 e. The van der Waals surface area contributed by atoms with Crippen LogP contribution in [0.5, 0.6) is 34.5 Å². The van der Waals surface area contributed by atoms with Crippen molar-refractivity contribution in [2.24, 2.45) is 0 Å². The molecule has 4 aromatic heterocycles. The average molecular weight is 879 g/mol. The normalized spacial score (nSPS) is 11.3. The summed E-state index contributed by atoms with van der Waals surface area (Å²) in [5.41, 5.74) is 5.61. The number of rotatable bonds is 10. The Kier molecular flexibility index (Phi) is 13.5. The quantitative estimate of drug-likeness (QED) is 0.0652. The fraction of sp³-hybridized carbons (Fsp3) is 0.304. The molecule has 16 heteroatoms. The van der Waals surface area contributed by atoms with Gasteiger partial charge in [-0.15, -0.1) is 0 Å². The summed E-state index contributed by atoms with van der Waals surface area (Å²) in [5.74, 6) is 1.82. The molecule has 0 amide bonds. The molecule has 326 valence electrons. The van der Waals surface area contributed by atoms with E-state index in [1.54, 1.807) is 28.8 Å². The summed E-state index contributed by atoms with van der Waals surface area (Å²) in [4.78, 5) is 0. The molecule has 4 aromatic carbocycles. The molecule has 0 bridgehead atoms. The monoisotopic (exact) mass is 878 g/mol. The standard InChI is InChI=1S/C23H26N4O3S.C21H22N4O3S.C2H6/c1-5-14-11-16(19(29)12-18(14)28)22-24-25-23(31)27(22)17-7-8-20(30-6-2)21-15(17)9-10-26(21)13(3)4;1-4-12-9-14(18(28)10-17(12)27)20-22-23-21(29)25(20)15-5-6-16(26)19-13(15)7-8-24(19)11(2)3;1-2/h7-13,28-29H,5-6H2,1-4H3,(H,25,31);5-11,26-28H,4H2,1-3H3,(H,23,29);1-2H3. The van der Waals surface area contributed by atoms with Crippen molar-refractivity contribution in [2.75, 3.05) is 6.61 Å². The molecule has 0 spiro atoms. The number of aryl methyl sites for hydroxylation is 2. The third kappa shape index (κ3) is 8.14. The van der Waals surface area contributed by atoms with Crippen molar-refractivity contribution in [1.29, 1.82) is 0 Å². The third-order valence-electron chi connectivity index (χ3n) is 10.5. The van der Waals surface area contributed by atoms with E-state index >= 15 is 0 Å². The van der Waals surface area contributed by atoms with E-state index in [0.717, 1.165) is 39.0 Å². The Bertz CT molecular complexity index is 3000. The van der Waals surface area contributed by atoms with Crippen LogP contribution >= 0.6 is 24.4 Å². The summed E-state index contributed by atoms with van der Waals surface area (Å²) < 4.78 is 14.4. The highest BCUT2D eigenvalue weighted by atomic mass is 32.1. The summed E-state index contributed by atoms with van der Waals surface area (Å²) in [6.07, 6.45) is 5.19. The number of hydrogen-bond donors (Lipinski definition) is 7. The van der Waals surface area contributed by atoms with Gasteiger partial charge in [0.15, 0.2) is 21.2 Å². The van der Waals surface area contributed by atoms with Crippen molar-refractivity contribution in [3.8, 4) is 68.6 Å². The highest BCUT2D eigenvalue weighted by molar-refractivity contribution is 7.71. The van der Waals surface area contributed by atoms with Crippen LogP contribution in [0.3, 0.4) is 0 Å². The predicted molar refractivity (Wildman–Crippen MR) is 250 cm³/mol. The van der Waals surface area contributed by atoms with E-state index in [1.165, 1.54) is 12.1 Å². The van der Waals surface area contributed by atoms with E-state index in [2.05, 4.69) is 38.8 Å². The topological polar surface area (TPSA) is 187 Å². The summed E-state index contributed by atoms with van der Waals surface area (Å²) in [6.45, 7) is 18.7. The van der Waals surface area contributed by atoms with E-state index in [1.807, 2.05) is 94.3 Å². The smallest absolute Gasteiger partial charge is 0.200 e. The molecule has 14 nitrogen and oxygen atoms in total. The van der Waals surface area contributed by atoms with Crippen molar-refractivity contribution in [1.82, 2.24) is 38.7 Å². The SMILES string of the molecule is CC.CCOc1ccc(-n2c(-c3cc(CC)c(O)cc3O)n[nH]c2=S)c2ccn(C(C)C)c12.CCc1cc(-c2n[nH]c(=S)n2-c2ccc(O)c3c2ccn3C(C)C)c(O)cc1O. The van der Waals surface area contributed by atoms with Gasteiger partial charge in [-0.2, -0.15) is 10.2 Å². The van der Waals surface area contributed by atoms with Gasteiger partial charge in [0.25, 0.3) is 0 Å². The van der Waals surface area contributed by atoms with E-state index in [0.29, 0.717) is 62.8 Å². The van der Waals surface area contributed by atoms with E-state index in [9.17, 15) is 25.5 Å². The maximum atomic E-state index is 10.6. The Morgan fingerprint density at radius 3 is 1.45 bits per heavy atom. The minimum atomic E-state index is -0.0928. The molecule has 0 unspecified atom stereocenters. The van der Waals surface area contributed by atoms with Gasteiger partial charge in [0.1, 0.15) is 34.5 Å². The van der Waals surface area contributed by atoms with Gasteiger partial charge < -0.3 is 39.4 Å². The molecule has 0 radical (unpaired) electrons. The number of nitrogens with one attached hydrogen (secondary N) is 2. The van der Waals surface area contributed by atoms with Gasteiger partial charge in [0, 0.05) is 47.4 Å². The summed E-state index contributed by atoms with van der Waals surface area (Å²) in [7, 11) is 0. The fourth-order valence-corrected chi connectivity index (χ4v) is 8.04. The van der Waals surface area contributed by atoms with Crippen molar-refractivity contribution >= 4 is 46.2 Å². The van der Waals surface area contributed by atoms with Gasteiger partial charge in [-0.25, -0.2) is 0 Å². The highest BCUT2D eigenvalue weighted by Gasteiger charge is 2.23. The first-order valence-electron chi connectivity index (χ1n) is 20.7. The second kappa shape index (κ2) is 18.6. The van der Waals surface area contributed by atoms with Crippen LogP contribution in [0.1, 0.15) is 85.5 Å². The molecule has 0 atom stereocenters. The van der Waals surface area contributed by atoms with Crippen molar-refractivity contribution in [3.63, 3.8) is 0 Å². The lowest BCUT2D eigenvalue weighted by Crippen LogP contribution is -2.04. The molecule has 4 heterocycles. The van der Waals surface area contributed by atoms with E-state index < -0.39 is 0 Å². The molecule has 7 N–H and O–H groups in total. The van der Waals surface area contributed by atoms with Crippen molar-refractivity contribution in [2.45, 2.75) is 87.2 Å². The van der Waals surface area contributed by atoms with Crippen LogP contribution < -0.4 is 4.74 Å². The fourth-order valence-electron chi connectivity index (χ4n) is 7.58. The second-order valence-corrected chi connectivity index (χ2v) is 15.6. The third-order valence-corrected chi connectivity index (χ3v) is 11.1. The number of phenols is 5. The Morgan fingerprint density at radius 1 is 0.581 bits per heavy atom. The molecular formula is C46H54N8O6S2. The lowest BCUT2D eigenvalue weighted by atomic mass is 10.1. The zero-order chi connectivity index (χ0) is 45.2. The number of fused-ring (bicyclic) bond motifs is 2. The first-order valence-corrected chi connectivity index (χ1v) is 21.6. The maximum absolute atomic E-state index is 10.6.